The first-order chi connectivity index (χ1) is 15.4. The molecule has 0 radical (unpaired) electrons. The van der Waals surface area contributed by atoms with Crippen molar-refractivity contribution < 1.29 is 9.53 Å². The summed E-state index contributed by atoms with van der Waals surface area (Å²) in [5.41, 5.74) is 4.65. The van der Waals surface area contributed by atoms with E-state index in [-0.39, 0.29) is 5.41 Å². The number of nitrogens with one attached hydrogen (secondary N) is 1. The van der Waals surface area contributed by atoms with Gasteiger partial charge < -0.3 is 4.74 Å². The van der Waals surface area contributed by atoms with Gasteiger partial charge in [0, 0.05) is 6.54 Å². The molecule has 0 aliphatic carbocycles. The van der Waals surface area contributed by atoms with Gasteiger partial charge in [0.25, 0.3) is 0 Å². The lowest BCUT2D eigenvalue weighted by molar-refractivity contribution is 0.0563. The lowest BCUT2D eigenvalue weighted by Crippen LogP contribution is -2.35. The number of hydrogen-bond acceptors (Lipinski definition) is 3. The summed E-state index contributed by atoms with van der Waals surface area (Å²) < 4.78 is 5.28. The number of alkyl carbamates (subject to hydrolysis) is 1. The van der Waals surface area contributed by atoms with Gasteiger partial charge in [0.05, 0.1) is 0 Å². The molecule has 0 bridgehead atoms. The third-order valence-electron chi connectivity index (χ3n) is 5.49. The van der Waals surface area contributed by atoms with E-state index in [1.807, 2.05) is 20.8 Å². The van der Waals surface area contributed by atoms with Gasteiger partial charge in [-0.2, -0.15) is 0 Å². The van der Waals surface area contributed by atoms with E-state index >= 15 is 0 Å². The summed E-state index contributed by atoms with van der Waals surface area (Å²) >= 11 is 0. The minimum Gasteiger partial charge on any atom is -0.444 e. The van der Waals surface area contributed by atoms with Gasteiger partial charge in [0.15, 0.2) is 0 Å². The molecule has 0 unspecified atom stereocenters. The Morgan fingerprint density at radius 2 is 1.52 bits per heavy atom. The van der Waals surface area contributed by atoms with E-state index in [9.17, 15) is 4.79 Å². The zero-order chi connectivity index (χ0) is 24.2. The number of benzene rings is 3. The molecule has 0 saturated heterocycles. The molecule has 174 valence electrons. The predicted octanol–water partition coefficient (Wildman–Crippen LogP) is 7.29. The second kappa shape index (κ2) is 9.78. The summed E-state index contributed by atoms with van der Waals surface area (Å²) in [6.07, 6.45) is 0.313. The van der Waals surface area contributed by atoms with Crippen LogP contribution in [-0.2, 0) is 16.6 Å². The van der Waals surface area contributed by atoms with Gasteiger partial charge in [0.2, 0.25) is 0 Å². The number of amidine groups is 1. The van der Waals surface area contributed by atoms with Gasteiger partial charge in [-0.3, -0.25) is 10.3 Å². The molecule has 3 aromatic carbocycles. The maximum Gasteiger partial charge on any atom is 0.413 e. The standard InChI is InChI=1S/C29H36N2O2/c1-20(31-27(32)33-29(5,6)7)30-19-18-22-14-17-25(26-11-9-8-10-24(22)26)21-12-15-23(16-13-21)28(2,3)4/h8-17H,18-19H2,1-7H3,(H,30,31,32). The second-order valence-electron chi connectivity index (χ2n) is 10.5. The SMILES string of the molecule is CC(=NCCc1ccc(-c2ccc(C(C)(C)C)cc2)c2ccccc12)NC(=O)OC(C)(C)C. The van der Waals surface area contributed by atoms with Crippen LogP contribution in [0.25, 0.3) is 21.9 Å². The molecule has 0 fully saturated rings. The van der Waals surface area contributed by atoms with Crippen LogP contribution in [0.15, 0.2) is 65.7 Å². The number of fused-ring (bicyclic) bond motifs is 1. The van der Waals surface area contributed by atoms with Crippen LogP contribution in [0, 0.1) is 0 Å². The Labute approximate surface area is 198 Å². The number of carbonyl (C=O) groups excluding carboxylic acids is 1. The molecule has 0 spiro atoms. The van der Waals surface area contributed by atoms with Crippen molar-refractivity contribution in [3.63, 3.8) is 0 Å². The number of carbonyl (C=O) groups is 1. The third kappa shape index (κ3) is 6.67. The van der Waals surface area contributed by atoms with Crippen molar-refractivity contribution >= 4 is 22.7 Å². The molecule has 33 heavy (non-hydrogen) atoms. The third-order valence-corrected chi connectivity index (χ3v) is 5.49. The highest BCUT2D eigenvalue weighted by molar-refractivity contribution is 5.98. The lowest BCUT2D eigenvalue weighted by atomic mass is 9.85. The van der Waals surface area contributed by atoms with Crippen molar-refractivity contribution in [3.8, 4) is 11.1 Å². The molecule has 4 nitrogen and oxygen atoms in total. The van der Waals surface area contributed by atoms with Crippen LogP contribution in [0.3, 0.4) is 0 Å². The Hall–Kier alpha value is -3.14. The minimum atomic E-state index is -0.530. The van der Waals surface area contributed by atoms with Crippen molar-refractivity contribution in [1.29, 1.82) is 0 Å². The highest BCUT2D eigenvalue weighted by atomic mass is 16.6. The average Bonchev–Trinajstić information content (AvgIpc) is 2.72. The van der Waals surface area contributed by atoms with Gasteiger partial charge in [0.1, 0.15) is 11.4 Å². The summed E-state index contributed by atoms with van der Waals surface area (Å²) in [6, 6.07) is 21.8. The van der Waals surface area contributed by atoms with Gasteiger partial charge in [-0.1, -0.05) is 81.4 Å². The molecular formula is C29H36N2O2. The average molecular weight is 445 g/mol. The Morgan fingerprint density at radius 1 is 0.879 bits per heavy atom. The van der Waals surface area contributed by atoms with Crippen LogP contribution in [0.2, 0.25) is 0 Å². The Balaban J connectivity index is 1.78. The summed E-state index contributed by atoms with van der Waals surface area (Å²) in [7, 11) is 0. The van der Waals surface area contributed by atoms with E-state index in [0.29, 0.717) is 12.4 Å². The van der Waals surface area contributed by atoms with Gasteiger partial charge >= 0.3 is 6.09 Å². The zero-order valence-electron chi connectivity index (χ0n) is 21.0. The summed E-state index contributed by atoms with van der Waals surface area (Å²) in [6.45, 7) is 14.6. The number of amides is 1. The Kier molecular flexibility index (Phi) is 7.26. The minimum absolute atomic E-state index is 0.140. The number of nitrogens with zero attached hydrogens (tertiary/aromatic N) is 1. The van der Waals surface area contributed by atoms with Gasteiger partial charge in [-0.05, 0) is 72.6 Å². The number of rotatable bonds is 4. The fraction of sp³-hybridized carbons (Fsp3) is 0.379. The molecule has 1 N–H and O–H groups in total. The van der Waals surface area contributed by atoms with Crippen LogP contribution in [0.1, 0.15) is 59.6 Å². The van der Waals surface area contributed by atoms with Crippen LogP contribution < -0.4 is 5.32 Å². The second-order valence-corrected chi connectivity index (χ2v) is 10.5. The number of hydrogen-bond donors (Lipinski definition) is 1. The van der Waals surface area contributed by atoms with E-state index in [2.05, 4.69) is 91.7 Å². The van der Waals surface area contributed by atoms with Crippen molar-refractivity contribution in [3.05, 3.63) is 71.8 Å². The van der Waals surface area contributed by atoms with Crippen molar-refractivity contribution in [1.82, 2.24) is 5.32 Å². The van der Waals surface area contributed by atoms with Crippen molar-refractivity contribution in [2.24, 2.45) is 4.99 Å². The summed E-state index contributed by atoms with van der Waals surface area (Å²) in [5.74, 6) is 0.559. The lowest BCUT2D eigenvalue weighted by Gasteiger charge is -2.19. The zero-order valence-corrected chi connectivity index (χ0v) is 21.0. The molecule has 0 aliphatic heterocycles. The normalized spacial score (nSPS) is 12.6. The summed E-state index contributed by atoms with van der Waals surface area (Å²) in [4.78, 5) is 16.4. The fourth-order valence-corrected chi connectivity index (χ4v) is 3.82. The van der Waals surface area contributed by atoms with Crippen LogP contribution in [0.5, 0.6) is 0 Å². The van der Waals surface area contributed by atoms with Gasteiger partial charge in [-0.15, -0.1) is 0 Å². The molecule has 0 aromatic heterocycles. The largest absolute Gasteiger partial charge is 0.444 e. The first kappa shape index (κ1) is 24.5. The molecule has 0 aliphatic rings. The summed E-state index contributed by atoms with van der Waals surface area (Å²) in [5, 5.41) is 5.17. The van der Waals surface area contributed by atoms with Crippen molar-refractivity contribution in [2.45, 2.75) is 65.9 Å². The first-order valence-corrected chi connectivity index (χ1v) is 11.6. The smallest absolute Gasteiger partial charge is 0.413 e. The van der Waals surface area contributed by atoms with Crippen LogP contribution >= 0.6 is 0 Å². The van der Waals surface area contributed by atoms with Gasteiger partial charge in [-0.25, -0.2) is 4.79 Å². The Bertz CT molecular complexity index is 1150. The number of aliphatic imine (C=N–C) groups is 1. The monoisotopic (exact) mass is 444 g/mol. The highest BCUT2D eigenvalue weighted by Gasteiger charge is 2.16. The highest BCUT2D eigenvalue weighted by Crippen LogP contribution is 2.32. The van der Waals surface area contributed by atoms with E-state index in [1.54, 1.807) is 6.92 Å². The van der Waals surface area contributed by atoms with E-state index < -0.39 is 11.7 Å². The molecule has 4 heteroatoms. The number of ether oxygens (including phenoxy) is 1. The molecule has 1 amide bonds. The van der Waals surface area contributed by atoms with E-state index in [4.69, 9.17) is 4.74 Å². The molecule has 0 saturated carbocycles. The fourth-order valence-electron chi connectivity index (χ4n) is 3.82. The molecule has 0 heterocycles. The molecule has 3 rings (SSSR count). The maximum absolute atomic E-state index is 11.9. The molecule has 3 aromatic rings. The van der Waals surface area contributed by atoms with Crippen molar-refractivity contribution in [2.75, 3.05) is 6.54 Å². The first-order valence-electron chi connectivity index (χ1n) is 11.6. The molecule has 0 atom stereocenters. The Morgan fingerprint density at radius 3 is 2.12 bits per heavy atom. The topological polar surface area (TPSA) is 50.7 Å². The van der Waals surface area contributed by atoms with E-state index in [0.717, 1.165) is 6.42 Å². The van der Waals surface area contributed by atoms with Crippen LogP contribution in [-0.4, -0.2) is 24.1 Å². The maximum atomic E-state index is 11.9. The predicted molar refractivity (Wildman–Crippen MR) is 139 cm³/mol. The van der Waals surface area contributed by atoms with E-state index in [1.165, 1.54) is 33.0 Å². The van der Waals surface area contributed by atoms with Crippen LogP contribution in [0.4, 0.5) is 4.79 Å². The quantitative estimate of drug-likeness (QED) is 0.339. The molecular weight excluding hydrogens is 408 g/mol.